The summed E-state index contributed by atoms with van der Waals surface area (Å²) in [5.41, 5.74) is 6.86. The van der Waals surface area contributed by atoms with E-state index in [1.54, 1.807) is 0 Å². The molecule has 5 heteroatoms. The van der Waals surface area contributed by atoms with Gasteiger partial charge in [0.05, 0.1) is 0 Å². The van der Waals surface area contributed by atoms with E-state index in [-0.39, 0.29) is 10.7 Å². The van der Waals surface area contributed by atoms with Crippen molar-refractivity contribution in [2.45, 2.75) is 45.3 Å². The molecule has 0 saturated carbocycles. The number of anilines is 2. The monoisotopic (exact) mass is 268 g/mol. The highest BCUT2D eigenvalue weighted by molar-refractivity contribution is 7.99. The number of hydrogen-bond acceptors (Lipinski definition) is 5. The molecule has 0 atom stereocenters. The van der Waals surface area contributed by atoms with Gasteiger partial charge in [-0.3, -0.25) is 0 Å². The molecule has 0 fully saturated rings. The average Bonchev–Trinajstić information content (AvgIpc) is 2.30. The Morgan fingerprint density at radius 3 is 2.44 bits per heavy atom. The normalized spacial score (nSPS) is 11.9. The number of nitrogen functional groups attached to an aromatic ring is 1. The Morgan fingerprint density at radius 1 is 1.33 bits per heavy atom. The highest BCUT2D eigenvalue weighted by atomic mass is 32.2. The molecule has 0 bridgehead atoms. The summed E-state index contributed by atoms with van der Waals surface area (Å²) in [5.74, 6) is 2.50. The molecule has 0 unspecified atom stereocenters. The van der Waals surface area contributed by atoms with Gasteiger partial charge in [0, 0.05) is 22.8 Å². The third kappa shape index (κ3) is 3.77. The van der Waals surface area contributed by atoms with Crippen LogP contribution in [0.1, 0.15) is 45.0 Å². The van der Waals surface area contributed by atoms with Crippen molar-refractivity contribution < 1.29 is 0 Å². The number of nitrogens with two attached hydrogens (primary N) is 1. The molecule has 0 amide bonds. The van der Waals surface area contributed by atoms with Crippen molar-refractivity contribution in [2.75, 3.05) is 23.9 Å². The van der Waals surface area contributed by atoms with E-state index < -0.39 is 0 Å². The molecule has 0 aliphatic heterocycles. The van der Waals surface area contributed by atoms with Gasteiger partial charge in [-0.05, 0) is 27.0 Å². The third-order valence-corrected chi connectivity index (χ3v) is 4.20. The van der Waals surface area contributed by atoms with Gasteiger partial charge in [-0.1, -0.05) is 13.8 Å². The highest BCUT2D eigenvalue weighted by Gasteiger charge is 2.17. The minimum absolute atomic E-state index is 0.171. The van der Waals surface area contributed by atoms with Crippen molar-refractivity contribution in [2.24, 2.45) is 0 Å². The lowest BCUT2D eigenvalue weighted by atomic mass is 10.2. The van der Waals surface area contributed by atoms with Crippen LogP contribution in [0, 0.1) is 6.92 Å². The zero-order valence-corrected chi connectivity index (χ0v) is 13.0. The molecule has 0 aromatic carbocycles. The number of nitrogens with one attached hydrogen (secondary N) is 1. The van der Waals surface area contributed by atoms with Gasteiger partial charge in [-0.15, -0.1) is 0 Å². The van der Waals surface area contributed by atoms with Crippen LogP contribution in [-0.4, -0.2) is 27.5 Å². The van der Waals surface area contributed by atoms with Crippen LogP contribution in [-0.2, 0) is 0 Å². The minimum Gasteiger partial charge on any atom is -0.383 e. The Labute approximate surface area is 114 Å². The lowest BCUT2D eigenvalue weighted by Gasteiger charge is -2.23. The van der Waals surface area contributed by atoms with Crippen LogP contribution < -0.4 is 11.1 Å². The van der Waals surface area contributed by atoms with Crippen molar-refractivity contribution in [3.63, 3.8) is 0 Å². The minimum atomic E-state index is 0.171. The first kappa shape index (κ1) is 15.1. The van der Waals surface area contributed by atoms with Gasteiger partial charge < -0.3 is 11.1 Å². The summed E-state index contributed by atoms with van der Waals surface area (Å²) in [5, 5.41) is 3.39. The van der Waals surface area contributed by atoms with Crippen LogP contribution >= 0.6 is 11.8 Å². The summed E-state index contributed by atoms with van der Waals surface area (Å²) in [7, 11) is 0. The molecular weight excluding hydrogens is 244 g/mol. The molecule has 0 saturated heterocycles. The van der Waals surface area contributed by atoms with Crippen LogP contribution in [0.25, 0.3) is 0 Å². The fourth-order valence-corrected chi connectivity index (χ4v) is 1.57. The van der Waals surface area contributed by atoms with Crippen LogP contribution in [0.3, 0.4) is 0 Å². The maximum atomic E-state index is 5.93. The highest BCUT2D eigenvalue weighted by Crippen LogP contribution is 2.24. The van der Waals surface area contributed by atoms with E-state index in [1.807, 2.05) is 18.7 Å². The first-order valence-corrected chi connectivity index (χ1v) is 7.42. The second kappa shape index (κ2) is 5.78. The van der Waals surface area contributed by atoms with Crippen LogP contribution in [0.5, 0.6) is 0 Å². The van der Waals surface area contributed by atoms with E-state index >= 15 is 0 Å². The topological polar surface area (TPSA) is 63.8 Å². The molecule has 18 heavy (non-hydrogen) atoms. The molecule has 1 heterocycles. The molecule has 3 N–H and O–H groups in total. The summed E-state index contributed by atoms with van der Waals surface area (Å²) < 4.78 is 0.171. The first-order chi connectivity index (χ1) is 8.26. The standard InChI is InChI=1S/C13H24N4S/c1-8(2)11-16-10(14)9(3)12(17-11)15-7-13(4,5)18-6/h8H,7H2,1-6H3,(H3,14,15,16,17). The molecule has 1 aromatic rings. The Morgan fingerprint density at radius 2 is 1.94 bits per heavy atom. The molecule has 0 aliphatic carbocycles. The summed E-state index contributed by atoms with van der Waals surface area (Å²) in [6, 6.07) is 0. The van der Waals surface area contributed by atoms with E-state index in [9.17, 15) is 0 Å². The van der Waals surface area contributed by atoms with E-state index in [0.29, 0.717) is 5.82 Å². The van der Waals surface area contributed by atoms with E-state index in [4.69, 9.17) is 5.73 Å². The predicted molar refractivity (Wildman–Crippen MR) is 81.4 cm³/mol. The predicted octanol–water partition coefficient (Wildman–Crippen LogP) is 3.04. The van der Waals surface area contributed by atoms with E-state index in [0.717, 1.165) is 23.8 Å². The van der Waals surface area contributed by atoms with Gasteiger partial charge in [0.1, 0.15) is 17.5 Å². The van der Waals surface area contributed by atoms with Gasteiger partial charge in [0.15, 0.2) is 0 Å². The van der Waals surface area contributed by atoms with Gasteiger partial charge in [-0.2, -0.15) is 11.8 Å². The first-order valence-electron chi connectivity index (χ1n) is 6.20. The van der Waals surface area contributed by atoms with Crippen LogP contribution in [0.2, 0.25) is 0 Å². The fourth-order valence-electron chi connectivity index (χ4n) is 1.35. The largest absolute Gasteiger partial charge is 0.383 e. The Kier molecular flexibility index (Phi) is 4.85. The maximum Gasteiger partial charge on any atom is 0.135 e. The zero-order chi connectivity index (χ0) is 13.9. The number of nitrogens with zero attached hydrogens (tertiary/aromatic N) is 2. The van der Waals surface area contributed by atoms with Crippen molar-refractivity contribution in [3.05, 3.63) is 11.4 Å². The van der Waals surface area contributed by atoms with Gasteiger partial charge >= 0.3 is 0 Å². The number of hydrogen-bond donors (Lipinski definition) is 2. The summed E-state index contributed by atoms with van der Waals surface area (Å²) in [4.78, 5) is 8.88. The Hall–Kier alpha value is -0.970. The molecule has 4 nitrogen and oxygen atoms in total. The second-order valence-corrected chi connectivity index (χ2v) is 6.93. The lowest BCUT2D eigenvalue weighted by molar-refractivity contribution is 0.739. The fraction of sp³-hybridized carbons (Fsp3) is 0.692. The summed E-state index contributed by atoms with van der Waals surface area (Å²) >= 11 is 1.83. The molecule has 0 radical (unpaired) electrons. The smallest absolute Gasteiger partial charge is 0.135 e. The van der Waals surface area contributed by atoms with Gasteiger partial charge in [0.25, 0.3) is 0 Å². The summed E-state index contributed by atoms with van der Waals surface area (Å²) in [6.45, 7) is 11.3. The third-order valence-electron chi connectivity index (χ3n) is 2.95. The second-order valence-electron chi connectivity index (χ2n) is 5.41. The zero-order valence-electron chi connectivity index (χ0n) is 12.2. The van der Waals surface area contributed by atoms with E-state index in [2.05, 4.69) is 49.2 Å². The van der Waals surface area contributed by atoms with Gasteiger partial charge in [-0.25, -0.2) is 9.97 Å². The Balaban J connectivity index is 2.94. The molecule has 0 aliphatic rings. The van der Waals surface area contributed by atoms with Crippen LogP contribution in [0.15, 0.2) is 0 Å². The molecule has 102 valence electrons. The number of rotatable bonds is 5. The molecule has 1 rings (SSSR count). The SMILES string of the molecule is CSC(C)(C)CNc1nc(C(C)C)nc(N)c1C. The van der Waals surface area contributed by atoms with Crippen molar-refractivity contribution in [3.8, 4) is 0 Å². The van der Waals surface area contributed by atoms with Crippen molar-refractivity contribution >= 4 is 23.4 Å². The average molecular weight is 268 g/mol. The van der Waals surface area contributed by atoms with Crippen LogP contribution in [0.4, 0.5) is 11.6 Å². The molecular formula is C13H24N4S. The van der Waals surface area contributed by atoms with Gasteiger partial charge in [0.2, 0.25) is 0 Å². The van der Waals surface area contributed by atoms with Crippen molar-refractivity contribution in [1.29, 1.82) is 0 Å². The quantitative estimate of drug-likeness (QED) is 0.859. The Bertz CT molecular complexity index is 416. The number of thioether (sulfide) groups is 1. The summed E-state index contributed by atoms with van der Waals surface area (Å²) in [6.07, 6.45) is 2.11. The van der Waals surface area contributed by atoms with E-state index in [1.165, 1.54) is 0 Å². The lowest BCUT2D eigenvalue weighted by Crippen LogP contribution is -2.27. The molecule has 0 spiro atoms. The van der Waals surface area contributed by atoms with Crippen molar-refractivity contribution in [1.82, 2.24) is 9.97 Å². The maximum absolute atomic E-state index is 5.93. The molecule has 1 aromatic heterocycles. The number of aromatic nitrogens is 2.